The summed E-state index contributed by atoms with van der Waals surface area (Å²) < 4.78 is 0.584. The molecule has 0 amide bonds. The Hall–Kier alpha value is 1.08. The van der Waals surface area contributed by atoms with Crippen molar-refractivity contribution >= 4 is 35.2 Å². The van der Waals surface area contributed by atoms with Gasteiger partial charge in [-0.2, -0.15) is 12.6 Å². The van der Waals surface area contributed by atoms with E-state index in [4.69, 9.17) is 0 Å². The van der Waals surface area contributed by atoms with Crippen molar-refractivity contribution in [2.75, 3.05) is 5.75 Å². The van der Waals surface area contributed by atoms with E-state index in [1.54, 1.807) is 0 Å². The highest BCUT2D eigenvalue weighted by molar-refractivity contribution is 14.1. The lowest BCUT2D eigenvalue weighted by Crippen LogP contribution is -1.99. The van der Waals surface area contributed by atoms with E-state index in [-0.39, 0.29) is 0 Å². The molecule has 2 unspecified atom stereocenters. The lowest BCUT2D eigenvalue weighted by atomic mass is 10.4. The molecule has 0 spiro atoms. The van der Waals surface area contributed by atoms with E-state index in [2.05, 4.69) is 42.1 Å². The first kappa shape index (κ1) is 6.20. The predicted octanol–water partition coefficient (Wildman–Crippen LogP) is 2.13. The average Bonchev–Trinajstić information content (AvgIpc) is 2.18. The van der Waals surface area contributed by atoms with Crippen LogP contribution in [-0.4, -0.2) is 9.17 Å². The zero-order valence-corrected chi connectivity index (χ0v) is 7.37. The van der Waals surface area contributed by atoms with Gasteiger partial charge in [-0.1, -0.05) is 29.5 Å². The third-order valence-electron chi connectivity index (χ3n) is 1.63. The number of thiol groups is 1. The standard InChI is InChI=1S/C5H9IS/c1-4-2-5(4,6)3-7/h4,7H,2-3H2,1H3. The highest BCUT2D eigenvalue weighted by Crippen LogP contribution is 2.51. The molecule has 2 atom stereocenters. The molecule has 0 bridgehead atoms. The summed E-state index contributed by atoms with van der Waals surface area (Å²) in [5, 5.41) is 0. The molecule has 42 valence electrons. The molecule has 0 heterocycles. The minimum absolute atomic E-state index is 0.584. The van der Waals surface area contributed by atoms with Gasteiger partial charge in [0.05, 0.1) is 0 Å². The molecule has 0 nitrogen and oxygen atoms in total. The largest absolute Gasteiger partial charge is 0.178 e. The summed E-state index contributed by atoms with van der Waals surface area (Å²) in [5.74, 6) is 1.97. The van der Waals surface area contributed by atoms with E-state index in [0.29, 0.717) is 3.42 Å². The van der Waals surface area contributed by atoms with Crippen molar-refractivity contribution in [3.63, 3.8) is 0 Å². The Balaban J connectivity index is 2.36. The van der Waals surface area contributed by atoms with Crippen molar-refractivity contribution in [1.82, 2.24) is 0 Å². The number of rotatable bonds is 1. The second kappa shape index (κ2) is 1.79. The Morgan fingerprint density at radius 2 is 2.43 bits per heavy atom. The van der Waals surface area contributed by atoms with Crippen LogP contribution in [0.25, 0.3) is 0 Å². The molecule has 0 N–H and O–H groups in total. The topological polar surface area (TPSA) is 0 Å². The van der Waals surface area contributed by atoms with E-state index >= 15 is 0 Å². The molecule has 0 aliphatic heterocycles. The summed E-state index contributed by atoms with van der Waals surface area (Å²) in [6.45, 7) is 2.28. The van der Waals surface area contributed by atoms with Crippen molar-refractivity contribution < 1.29 is 0 Å². The Labute approximate surface area is 63.6 Å². The molecule has 0 aromatic heterocycles. The minimum Gasteiger partial charge on any atom is -0.178 e. The Kier molecular flexibility index (Phi) is 1.59. The number of alkyl halides is 1. The highest BCUT2D eigenvalue weighted by Gasteiger charge is 2.47. The summed E-state index contributed by atoms with van der Waals surface area (Å²) in [5.41, 5.74) is 0. The quantitative estimate of drug-likeness (QED) is 0.396. The summed E-state index contributed by atoms with van der Waals surface area (Å²) >= 11 is 6.72. The first-order valence-corrected chi connectivity index (χ1v) is 4.20. The fraction of sp³-hybridized carbons (Fsp3) is 1.00. The molecular weight excluding hydrogens is 219 g/mol. The van der Waals surface area contributed by atoms with Crippen LogP contribution in [0.2, 0.25) is 0 Å². The van der Waals surface area contributed by atoms with Gasteiger partial charge in [0.2, 0.25) is 0 Å². The van der Waals surface area contributed by atoms with Crippen LogP contribution in [0.1, 0.15) is 13.3 Å². The van der Waals surface area contributed by atoms with E-state index in [1.807, 2.05) is 0 Å². The van der Waals surface area contributed by atoms with Crippen LogP contribution in [0.15, 0.2) is 0 Å². The van der Waals surface area contributed by atoms with Crippen molar-refractivity contribution in [3.05, 3.63) is 0 Å². The summed E-state index contributed by atoms with van der Waals surface area (Å²) in [6.07, 6.45) is 1.37. The zero-order valence-electron chi connectivity index (χ0n) is 4.32. The van der Waals surface area contributed by atoms with Crippen LogP contribution in [0.3, 0.4) is 0 Å². The molecule has 0 saturated heterocycles. The monoisotopic (exact) mass is 228 g/mol. The summed E-state index contributed by atoms with van der Waals surface area (Å²) in [4.78, 5) is 0. The second-order valence-electron chi connectivity index (χ2n) is 2.30. The molecule has 7 heavy (non-hydrogen) atoms. The van der Waals surface area contributed by atoms with Crippen LogP contribution in [0.4, 0.5) is 0 Å². The Morgan fingerprint density at radius 3 is 2.43 bits per heavy atom. The van der Waals surface area contributed by atoms with E-state index in [1.165, 1.54) is 6.42 Å². The lowest BCUT2D eigenvalue weighted by Gasteiger charge is -1.97. The SMILES string of the molecule is CC1CC1(I)CS. The maximum Gasteiger partial charge on any atom is 0.0339 e. The normalized spacial score (nSPS) is 49.3. The lowest BCUT2D eigenvalue weighted by molar-refractivity contribution is 0.913. The molecule has 1 fully saturated rings. The average molecular weight is 228 g/mol. The van der Waals surface area contributed by atoms with Gasteiger partial charge in [0.15, 0.2) is 0 Å². The zero-order chi connectivity index (χ0) is 5.49. The van der Waals surface area contributed by atoms with Crippen molar-refractivity contribution in [1.29, 1.82) is 0 Å². The van der Waals surface area contributed by atoms with Crippen LogP contribution >= 0.6 is 35.2 Å². The molecule has 0 aromatic rings. The van der Waals surface area contributed by atoms with Crippen LogP contribution in [0, 0.1) is 5.92 Å². The van der Waals surface area contributed by atoms with E-state index in [9.17, 15) is 0 Å². The molecule has 1 saturated carbocycles. The fourth-order valence-corrected chi connectivity index (χ4v) is 1.77. The van der Waals surface area contributed by atoms with Gasteiger partial charge in [0.25, 0.3) is 0 Å². The highest BCUT2D eigenvalue weighted by atomic mass is 127. The van der Waals surface area contributed by atoms with E-state index in [0.717, 1.165) is 11.7 Å². The van der Waals surface area contributed by atoms with Gasteiger partial charge in [0, 0.05) is 9.17 Å². The maximum atomic E-state index is 4.22. The molecule has 1 aliphatic rings. The minimum atomic E-state index is 0.584. The van der Waals surface area contributed by atoms with Crippen molar-refractivity contribution in [2.45, 2.75) is 16.8 Å². The van der Waals surface area contributed by atoms with Gasteiger partial charge in [0.1, 0.15) is 0 Å². The van der Waals surface area contributed by atoms with Crippen LogP contribution in [0.5, 0.6) is 0 Å². The van der Waals surface area contributed by atoms with Crippen LogP contribution < -0.4 is 0 Å². The second-order valence-corrected chi connectivity index (χ2v) is 4.76. The molecule has 1 rings (SSSR count). The maximum absolute atomic E-state index is 4.22. The molecule has 0 aromatic carbocycles. The molecule has 2 heteroatoms. The first-order chi connectivity index (χ1) is 3.19. The van der Waals surface area contributed by atoms with E-state index < -0.39 is 0 Å². The van der Waals surface area contributed by atoms with Gasteiger partial charge >= 0.3 is 0 Å². The fourth-order valence-electron chi connectivity index (χ4n) is 0.670. The third kappa shape index (κ3) is 1.07. The van der Waals surface area contributed by atoms with Crippen molar-refractivity contribution in [3.8, 4) is 0 Å². The Morgan fingerprint density at radius 1 is 2.00 bits per heavy atom. The number of halogens is 1. The molecule has 0 radical (unpaired) electrons. The smallest absolute Gasteiger partial charge is 0.0339 e. The summed E-state index contributed by atoms with van der Waals surface area (Å²) in [6, 6.07) is 0. The molecule has 1 aliphatic carbocycles. The Bertz CT molecular complexity index is 80.1. The van der Waals surface area contributed by atoms with Gasteiger partial charge < -0.3 is 0 Å². The van der Waals surface area contributed by atoms with Gasteiger partial charge in [-0.25, -0.2) is 0 Å². The summed E-state index contributed by atoms with van der Waals surface area (Å²) in [7, 11) is 0. The molecular formula is C5H9IS. The van der Waals surface area contributed by atoms with Gasteiger partial charge in [-0.15, -0.1) is 0 Å². The van der Waals surface area contributed by atoms with Crippen LogP contribution in [-0.2, 0) is 0 Å². The number of hydrogen-bond acceptors (Lipinski definition) is 1. The number of hydrogen-bond donors (Lipinski definition) is 1. The van der Waals surface area contributed by atoms with Crippen molar-refractivity contribution in [2.24, 2.45) is 5.92 Å². The van der Waals surface area contributed by atoms with Gasteiger partial charge in [-0.05, 0) is 12.3 Å². The third-order valence-corrected chi connectivity index (χ3v) is 4.68. The first-order valence-electron chi connectivity index (χ1n) is 2.49. The van der Waals surface area contributed by atoms with Gasteiger partial charge in [-0.3, -0.25) is 0 Å². The predicted molar refractivity (Wildman–Crippen MR) is 44.4 cm³/mol.